The first-order valence-corrected chi connectivity index (χ1v) is 10.8. The molecule has 0 bridgehead atoms. The zero-order chi connectivity index (χ0) is 20.3. The summed E-state index contributed by atoms with van der Waals surface area (Å²) in [6.45, 7) is 4.45. The minimum atomic E-state index is -1.21. The number of hydrogen-bond donors (Lipinski definition) is 2. The predicted octanol–water partition coefficient (Wildman–Crippen LogP) is 2.40. The summed E-state index contributed by atoms with van der Waals surface area (Å²) in [6.07, 6.45) is 6.91. The Morgan fingerprint density at radius 3 is 2.82 bits per heavy atom. The van der Waals surface area contributed by atoms with Gasteiger partial charge < -0.3 is 24.3 Å². The number of carbonyl (C=O) groups is 1. The fourth-order valence-corrected chi connectivity index (χ4v) is 4.79. The Morgan fingerprint density at radius 2 is 2.18 bits per heavy atom. The molecular formula is C21H28N3O3S-. The number of carbonyl (C=O) groups excluding carboxylic acids is 1. The Morgan fingerprint density at radius 1 is 1.43 bits per heavy atom. The highest BCUT2D eigenvalue weighted by atomic mass is 32.2. The van der Waals surface area contributed by atoms with Crippen molar-refractivity contribution in [3.63, 3.8) is 0 Å². The second-order valence-corrected chi connectivity index (χ2v) is 8.61. The van der Waals surface area contributed by atoms with Gasteiger partial charge in [0.2, 0.25) is 5.91 Å². The van der Waals surface area contributed by atoms with Crippen molar-refractivity contribution in [1.29, 1.82) is 0 Å². The van der Waals surface area contributed by atoms with Gasteiger partial charge in [-0.15, -0.1) is 0 Å². The molecule has 1 aromatic rings. The third-order valence-electron chi connectivity index (χ3n) is 5.45. The van der Waals surface area contributed by atoms with E-state index in [4.69, 9.17) is 5.73 Å². The summed E-state index contributed by atoms with van der Waals surface area (Å²) < 4.78 is 14.5. The fraction of sp³-hybridized carbons (Fsp3) is 0.429. The molecule has 6 nitrogen and oxygen atoms in total. The van der Waals surface area contributed by atoms with E-state index in [9.17, 15) is 14.1 Å². The zero-order valence-corrected chi connectivity index (χ0v) is 17.1. The summed E-state index contributed by atoms with van der Waals surface area (Å²) >= 11 is 0. The smallest absolute Gasteiger partial charge is 0.224 e. The highest BCUT2D eigenvalue weighted by molar-refractivity contribution is 7.85. The lowest BCUT2D eigenvalue weighted by molar-refractivity contribution is -0.121. The van der Waals surface area contributed by atoms with Crippen molar-refractivity contribution in [1.82, 2.24) is 4.90 Å². The van der Waals surface area contributed by atoms with Gasteiger partial charge in [-0.1, -0.05) is 37.3 Å². The topological polar surface area (TPSA) is 86.9 Å². The number of rotatable bonds is 6. The summed E-state index contributed by atoms with van der Waals surface area (Å²) in [5.74, 6) is -0.582. The first kappa shape index (κ1) is 20.5. The van der Waals surface area contributed by atoms with Crippen LogP contribution in [0.1, 0.15) is 38.7 Å². The molecule has 0 aromatic heterocycles. The van der Waals surface area contributed by atoms with E-state index in [0.717, 1.165) is 16.8 Å². The van der Waals surface area contributed by atoms with Crippen LogP contribution in [-0.4, -0.2) is 40.1 Å². The molecule has 3 N–H and O–H groups in total. The normalized spacial score (nSPS) is 23.9. The lowest BCUT2D eigenvalue weighted by Gasteiger charge is -2.42. The van der Waals surface area contributed by atoms with Gasteiger partial charge in [0.25, 0.3) is 0 Å². The molecule has 0 aliphatic carbocycles. The van der Waals surface area contributed by atoms with E-state index in [0.29, 0.717) is 25.8 Å². The third-order valence-corrected chi connectivity index (χ3v) is 6.75. The van der Waals surface area contributed by atoms with Gasteiger partial charge in [-0.3, -0.25) is 4.79 Å². The van der Waals surface area contributed by atoms with Crippen LogP contribution in [-0.2, 0) is 19.6 Å². The number of primary amides is 1. The lowest BCUT2D eigenvalue weighted by atomic mass is 9.94. The Hall–Kier alpha value is -2.25. The van der Waals surface area contributed by atoms with Crippen LogP contribution in [0.15, 0.2) is 42.1 Å². The summed E-state index contributed by atoms with van der Waals surface area (Å²) in [6, 6.07) is 7.92. The molecule has 2 aliphatic heterocycles. The molecule has 0 spiro atoms. The van der Waals surface area contributed by atoms with Crippen molar-refractivity contribution in [3.05, 3.63) is 47.7 Å². The first-order valence-electron chi connectivity index (χ1n) is 9.62. The third kappa shape index (κ3) is 4.25. The molecule has 28 heavy (non-hydrogen) atoms. The van der Waals surface area contributed by atoms with Crippen molar-refractivity contribution in [2.45, 2.75) is 45.4 Å². The van der Waals surface area contributed by atoms with E-state index in [1.54, 1.807) is 24.6 Å². The molecule has 2 heterocycles. The highest BCUT2D eigenvalue weighted by Gasteiger charge is 2.24. The van der Waals surface area contributed by atoms with Gasteiger partial charge in [-0.2, -0.15) is 15.9 Å². The van der Waals surface area contributed by atoms with E-state index >= 15 is 0 Å². The lowest BCUT2D eigenvalue weighted by Crippen LogP contribution is -2.38. The summed E-state index contributed by atoms with van der Waals surface area (Å²) in [4.78, 5) is 13.1. The van der Waals surface area contributed by atoms with Crippen LogP contribution < -0.4 is 10.0 Å². The Balaban J connectivity index is 1.72. The maximum Gasteiger partial charge on any atom is 0.224 e. The number of fused-ring (bicyclic) bond motifs is 1. The molecular weight excluding hydrogens is 374 g/mol. The Bertz CT molecular complexity index is 873. The van der Waals surface area contributed by atoms with Crippen LogP contribution in [0.2, 0.25) is 0 Å². The molecule has 0 saturated carbocycles. The fourth-order valence-electron chi connectivity index (χ4n) is 3.76. The van der Waals surface area contributed by atoms with Gasteiger partial charge in [0.05, 0.1) is 5.92 Å². The Labute approximate surface area is 168 Å². The summed E-state index contributed by atoms with van der Waals surface area (Å²) in [5.41, 5.74) is 8.49. The van der Waals surface area contributed by atoms with E-state index in [1.807, 2.05) is 40.4 Å². The molecule has 3 unspecified atom stereocenters. The van der Waals surface area contributed by atoms with E-state index in [1.165, 1.54) is 0 Å². The zero-order valence-electron chi connectivity index (χ0n) is 16.3. The SMILES string of the molecule is CC=[S-](=O)N1c2ccccc2C=C(CCC(O)N2C=CC(C(N)=O)CC2)C1C. The molecule has 3 rings (SSSR count). The van der Waals surface area contributed by atoms with Crippen LogP contribution in [0.4, 0.5) is 5.69 Å². The molecule has 1 aromatic carbocycles. The minimum absolute atomic E-state index is 0.0183. The van der Waals surface area contributed by atoms with Crippen LogP contribution in [0, 0.1) is 5.92 Å². The van der Waals surface area contributed by atoms with Crippen LogP contribution in [0.5, 0.6) is 0 Å². The molecule has 3 atom stereocenters. The van der Waals surface area contributed by atoms with Gasteiger partial charge in [0.15, 0.2) is 0 Å². The average molecular weight is 403 g/mol. The largest absolute Gasteiger partial charge is 0.442 e. The monoisotopic (exact) mass is 402 g/mol. The number of nitrogens with zero attached hydrogens (tertiary/aromatic N) is 2. The molecule has 152 valence electrons. The quantitative estimate of drug-likeness (QED) is 0.565. The number of amides is 1. The highest BCUT2D eigenvalue weighted by Crippen LogP contribution is 2.35. The molecule has 0 fully saturated rings. The number of anilines is 1. The maximum atomic E-state index is 12.6. The minimum Gasteiger partial charge on any atom is -0.442 e. The summed E-state index contributed by atoms with van der Waals surface area (Å²) in [7, 11) is -1.21. The number of benzene rings is 1. The van der Waals surface area contributed by atoms with Gasteiger partial charge in [-0.25, -0.2) is 0 Å². The van der Waals surface area contributed by atoms with E-state index in [-0.39, 0.29) is 17.9 Å². The van der Waals surface area contributed by atoms with E-state index in [2.05, 4.69) is 6.08 Å². The molecule has 7 heteroatoms. The molecule has 0 saturated heterocycles. The average Bonchev–Trinajstić information content (AvgIpc) is 2.71. The summed E-state index contributed by atoms with van der Waals surface area (Å²) in [5, 5.41) is 12.3. The van der Waals surface area contributed by atoms with E-state index < -0.39 is 16.8 Å². The first-order chi connectivity index (χ1) is 13.4. The second kappa shape index (κ2) is 8.84. The van der Waals surface area contributed by atoms with Crippen LogP contribution in [0.25, 0.3) is 6.08 Å². The second-order valence-electron chi connectivity index (χ2n) is 7.19. The van der Waals surface area contributed by atoms with Crippen molar-refractivity contribution in [2.24, 2.45) is 11.7 Å². The van der Waals surface area contributed by atoms with Crippen LogP contribution in [0.3, 0.4) is 0 Å². The molecule has 2 aliphatic rings. The van der Waals surface area contributed by atoms with Crippen molar-refractivity contribution in [2.75, 3.05) is 10.8 Å². The number of hydrogen-bond acceptors (Lipinski definition) is 5. The Kier molecular flexibility index (Phi) is 6.46. The number of aliphatic hydroxyl groups is 1. The van der Waals surface area contributed by atoms with Gasteiger partial charge in [0, 0.05) is 18.3 Å². The number of nitrogens with two attached hydrogens (primary N) is 1. The molecule has 1 amide bonds. The maximum absolute atomic E-state index is 12.6. The standard InChI is InChI=1S/C21H28N3O3S/c1-3-28(27)24-15(2)17(14-18-6-4-5-7-19(18)24)8-9-20(25)23-12-10-16(11-13-23)21(22)26/h3-7,10,12,14-16,20,25H,8-9,11,13H2,1-2H3,(H2,22,26)/q-1. The van der Waals surface area contributed by atoms with Crippen molar-refractivity contribution >= 4 is 33.6 Å². The van der Waals surface area contributed by atoms with Gasteiger partial charge >= 0.3 is 0 Å². The van der Waals surface area contributed by atoms with Crippen molar-refractivity contribution in [3.8, 4) is 0 Å². The number of para-hydroxylation sites is 1. The van der Waals surface area contributed by atoms with Gasteiger partial charge in [-0.05, 0) is 49.6 Å². The van der Waals surface area contributed by atoms with Crippen LogP contribution >= 0.6 is 0 Å². The van der Waals surface area contributed by atoms with Crippen molar-refractivity contribution < 1.29 is 14.1 Å². The molecule has 0 radical (unpaired) electrons. The number of aliphatic hydroxyl groups excluding tert-OH is 1. The predicted molar refractivity (Wildman–Crippen MR) is 115 cm³/mol. The van der Waals surface area contributed by atoms with Gasteiger partial charge in [0.1, 0.15) is 6.23 Å².